The van der Waals surface area contributed by atoms with E-state index in [0.717, 1.165) is 24.5 Å². The molecule has 0 bridgehead atoms. The minimum atomic E-state index is -5.23. The zero-order valence-corrected chi connectivity index (χ0v) is 19.3. The lowest BCUT2D eigenvalue weighted by Crippen LogP contribution is -2.47. The van der Waals surface area contributed by atoms with Crippen LogP contribution in [0.2, 0.25) is 0 Å². The highest BCUT2D eigenvalue weighted by Gasteiger charge is 2.57. The van der Waals surface area contributed by atoms with E-state index in [1.807, 2.05) is 5.32 Å². The predicted molar refractivity (Wildman–Crippen MR) is 111 cm³/mol. The van der Waals surface area contributed by atoms with Crippen molar-refractivity contribution >= 4 is 21.3 Å². The quantitative estimate of drug-likeness (QED) is 0.472. The Morgan fingerprint density at radius 3 is 2.31 bits per heavy atom. The van der Waals surface area contributed by atoms with Gasteiger partial charge in [-0.15, -0.1) is 0 Å². The summed E-state index contributed by atoms with van der Waals surface area (Å²) in [6.45, 7) is 0.862. The molecular formula is C21H21F7N4O2S. The van der Waals surface area contributed by atoms with Gasteiger partial charge in [-0.1, -0.05) is 13.0 Å². The molecule has 0 aliphatic heterocycles. The van der Waals surface area contributed by atoms with Gasteiger partial charge in [-0.05, 0) is 30.4 Å². The van der Waals surface area contributed by atoms with Crippen LogP contribution in [0.15, 0.2) is 23.1 Å². The molecule has 0 spiro atoms. The van der Waals surface area contributed by atoms with Crippen molar-refractivity contribution in [1.82, 2.24) is 9.78 Å². The highest BCUT2D eigenvalue weighted by atomic mass is 32.2. The van der Waals surface area contributed by atoms with E-state index in [2.05, 4.69) is 5.10 Å². The van der Waals surface area contributed by atoms with E-state index in [0.29, 0.717) is 4.68 Å². The van der Waals surface area contributed by atoms with Gasteiger partial charge in [0.25, 0.3) is 5.91 Å². The number of alkyl halides is 6. The molecule has 6 nitrogen and oxygen atoms in total. The number of aromatic nitrogens is 2. The van der Waals surface area contributed by atoms with Crippen LogP contribution >= 0.6 is 0 Å². The number of hydrogen-bond donors (Lipinski definition) is 2. The van der Waals surface area contributed by atoms with Crippen LogP contribution < -0.4 is 5.32 Å². The Balaban J connectivity index is 1.81. The van der Waals surface area contributed by atoms with Crippen molar-refractivity contribution in [3.05, 3.63) is 41.0 Å². The van der Waals surface area contributed by atoms with Gasteiger partial charge < -0.3 is 5.32 Å². The highest BCUT2D eigenvalue weighted by molar-refractivity contribution is 7.91. The van der Waals surface area contributed by atoms with Gasteiger partial charge >= 0.3 is 6.18 Å². The number of anilines is 1. The van der Waals surface area contributed by atoms with E-state index in [9.17, 15) is 39.7 Å². The fraction of sp³-hybridized carbons (Fsp3) is 0.524. The third-order valence-corrected chi connectivity index (χ3v) is 7.25. The number of carbonyl (C=O) groups is 1. The molecule has 1 unspecified atom stereocenters. The van der Waals surface area contributed by atoms with Crippen molar-refractivity contribution in [3.8, 4) is 0 Å². The summed E-state index contributed by atoms with van der Waals surface area (Å²) in [6.07, 6.45) is -6.15. The number of hydrogen-bond acceptors (Lipinski definition) is 4. The predicted octanol–water partition coefficient (Wildman–Crippen LogP) is 5.72. The molecule has 2 aliphatic rings. The molecule has 1 atom stereocenters. The largest absolute Gasteiger partial charge is 0.420 e. The Morgan fingerprint density at radius 1 is 1.23 bits per heavy atom. The molecule has 2 fully saturated rings. The van der Waals surface area contributed by atoms with Gasteiger partial charge in [-0.2, -0.15) is 18.3 Å². The van der Waals surface area contributed by atoms with E-state index in [1.54, 1.807) is 0 Å². The third kappa shape index (κ3) is 4.76. The molecule has 1 aromatic heterocycles. The first kappa shape index (κ1) is 25.5. The summed E-state index contributed by atoms with van der Waals surface area (Å²) in [5, 5.41) is 5.67. The van der Waals surface area contributed by atoms with Crippen molar-refractivity contribution in [2.24, 2.45) is 5.41 Å². The maximum absolute atomic E-state index is 14.9. The number of rotatable bonds is 6. The Morgan fingerprint density at radius 2 is 1.83 bits per heavy atom. The maximum Gasteiger partial charge on any atom is 0.420 e. The van der Waals surface area contributed by atoms with Crippen LogP contribution in [0.5, 0.6) is 0 Å². The van der Waals surface area contributed by atoms with Crippen molar-refractivity contribution in [2.75, 3.05) is 11.6 Å². The van der Waals surface area contributed by atoms with E-state index in [4.69, 9.17) is 4.78 Å². The van der Waals surface area contributed by atoms with Crippen LogP contribution in [0.3, 0.4) is 0 Å². The molecule has 1 amide bonds. The summed E-state index contributed by atoms with van der Waals surface area (Å²) in [5.41, 5.74) is -8.08. The Kier molecular flexibility index (Phi) is 5.58. The molecular weight excluding hydrogens is 505 g/mol. The van der Waals surface area contributed by atoms with Gasteiger partial charge in [-0.3, -0.25) is 9.48 Å². The lowest BCUT2D eigenvalue weighted by atomic mass is 9.67. The van der Waals surface area contributed by atoms with E-state index in [-0.39, 0.29) is 12.8 Å². The standard InChI is InChI=1S/C21H21F7N4O2S/c1-18(8-20(24,25)9-18)10-32-15(13(21(26,27)28)16(31-32)19(23)6-7-19)17(33)30-11-4-3-5-12(14(11)22)35(2,29)34/h3-5,29H,6-10H2,1-2H3,(H,30,33). The van der Waals surface area contributed by atoms with Gasteiger partial charge in [0.05, 0.1) is 20.3 Å². The molecule has 1 aromatic carbocycles. The number of halogens is 7. The van der Waals surface area contributed by atoms with Crippen LogP contribution in [-0.4, -0.2) is 32.1 Å². The summed E-state index contributed by atoms with van der Waals surface area (Å²) >= 11 is 0. The molecule has 14 heteroatoms. The summed E-state index contributed by atoms with van der Waals surface area (Å²) in [5.74, 6) is -5.80. The Bertz CT molecular complexity index is 1310. The SMILES string of the molecule is CC1(Cn2nc(C3(F)CC3)c(C(F)(F)F)c2C(=O)Nc2cccc(S(C)(=N)=O)c2F)CC(F)(F)C1. The summed E-state index contributed by atoms with van der Waals surface area (Å²) < 4.78 is 119. The molecule has 192 valence electrons. The minimum Gasteiger partial charge on any atom is -0.318 e. The lowest BCUT2D eigenvalue weighted by Gasteiger charge is -2.44. The van der Waals surface area contributed by atoms with Gasteiger partial charge in [0.15, 0.2) is 11.5 Å². The van der Waals surface area contributed by atoms with E-state index < -0.39 is 91.6 Å². The second-order valence-electron chi connectivity index (χ2n) is 9.63. The van der Waals surface area contributed by atoms with Crippen molar-refractivity contribution in [3.63, 3.8) is 0 Å². The van der Waals surface area contributed by atoms with E-state index >= 15 is 0 Å². The molecule has 2 aromatic rings. The van der Waals surface area contributed by atoms with Crippen LogP contribution in [0.1, 0.15) is 54.4 Å². The highest BCUT2D eigenvalue weighted by Crippen LogP contribution is 2.55. The summed E-state index contributed by atoms with van der Waals surface area (Å²) in [7, 11) is -3.58. The second kappa shape index (κ2) is 7.68. The van der Waals surface area contributed by atoms with Crippen LogP contribution in [0, 0.1) is 16.0 Å². The van der Waals surface area contributed by atoms with Crippen LogP contribution in [0.25, 0.3) is 0 Å². The first-order valence-corrected chi connectivity index (χ1v) is 12.4. The molecule has 0 radical (unpaired) electrons. The molecule has 1 heterocycles. The van der Waals surface area contributed by atoms with Crippen molar-refractivity contribution < 1.29 is 39.7 Å². The van der Waals surface area contributed by atoms with Gasteiger partial charge in [0, 0.05) is 25.6 Å². The first-order valence-electron chi connectivity index (χ1n) is 10.4. The monoisotopic (exact) mass is 526 g/mol. The molecule has 35 heavy (non-hydrogen) atoms. The van der Waals surface area contributed by atoms with Crippen LogP contribution in [-0.2, 0) is 28.1 Å². The van der Waals surface area contributed by atoms with E-state index in [1.165, 1.54) is 6.92 Å². The summed E-state index contributed by atoms with van der Waals surface area (Å²) in [4.78, 5) is 12.5. The van der Waals surface area contributed by atoms with Gasteiger partial charge in [-0.25, -0.2) is 26.6 Å². The molecule has 4 rings (SSSR count). The first-order chi connectivity index (χ1) is 15.9. The number of nitrogens with one attached hydrogen (secondary N) is 2. The fourth-order valence-electron chi connectivity index (χ4n) is 4.50. The normalized spacial score (nSPS) is 21.6. The average molecular weight is 526 g/mol. The van der Waals surface area contributed by atoms with Crippen molar-refractivity contribution in [1.29, 1.82) is 4.78 Å². The number of carbonyl (C=O) groups excluding carboxylic acids is 1. The minimum absolute atomic E-state index is 0.255. The van der Waals surface area contributed by atoms with Crippen LogP contribution in [0.4, 0.5) is 36.4 Å². The average Bonchev–Trinajstić information content (AvgIpc) is 3.27. The molecule has 0 saturated heterocycles. The van der Waals surface area contributed by atoms with Crippen molar-refractivity contribution in [2.45, 2.75) is 61.8 Å². The maximum atomic E-state index is 14.9. The second-order valence-corrected chi connectivity index (χ2v) is 11.8. The topological polar surface area (TPSA) is 87.8 Å². The van der Waals surface area contributed by atoms with Gasteiger partial charge in [0.1, 0.15) is 17.0 Å². The Labute approximate surface area is 195 Å². The molecule has 2 aliphatic carbocycles. The lowest BCUT2D eigenvalue weighted by molar-refractivity contribution is -0.160. The summed E-state index contributed by atoms with van der Waals surface area (Å²) in [6, 6.07) is 3.17. The van der Waals surface area contributed by atoms with Gasteiger partial charge in [0.2, 0.25) is 5.92 Å². The zero-order chi connectivity index (χ0) is 26.2. The number of amides is 1. The smallest absolute Gasteiger partial charge is 0.318 e. The molecule has 2 saturated carbocycles. The zero-order valence-electron chi connectivity index (χ0n) is 18.5. The molecule has 2 N–H and O–H groups in total. The fourth-order valence-corrected chi connectivity index (χ4v) is 5.29. The number of nitrogens with zero attached hydrogens (tertiary/aromatic N) is 2. The third-order valence-electron chi connectivity index (χ3n) is 6.10. The Hall–Kier alpha value is -2.64. The number of benzene rings is 1.